The number of rotatable bonds is 7. The number of nitrogens with one attached hydrogen (secondary N) is 1. The van der Waals surface area contributed by atoms with E-state index >= 15 is 0 Å². The summed E-state index contributed by atoms with van der Waals surface area (Å²) in [6, 6.07) is 0.162. The van der Waals surface area contributed by atoms with Crippen molar-refractivity contribution in [1.29, 1.82) is 0 Å². The molecule has 4 nitrogen and oxygen atoms in total. The Hall–Kier alpha value is -0.610. The molecule has 0 heterocycles. The molecule has 0 aromatic rings. The van der Waals surface area contributed by atoms with E-state index in [1.54, 1.807) is 14.0 Å². The van der Waals surface area contributed by atoms with E-state index in [4.69, 9.17) is 4.74 Å². The van der Waals surface area contributed by atoms with Gasteiger partial charge >= 0.3 is 0 Å². The second-order valence-electron chi connectivity index (χ2n) is 3.77. The molecule has 0 fully saturated rings. The second kappa shape index (κ2) is 7.65. The molecular formula is C11H24N2O2. The summed E-state index contributed by atoms with van der Waals surface area (Å²) in [5.74, 6) is -0.0443. The Morgan fingerprint density at radius 3 is 2.27 bits per heavy atom. The van der Waals surface area contributed by atoms with Gasteiger partial charge < -0.3 is 15.0 Å². The van der Waals surface area contributed by atoms with Crippen LogP contribution in [0.5, 0.6) is 0 Å². The molecule has 4 heteroatoms. The Bertz CT molecular complexity index is 181. The number of carbonyl (C=O) groups is 1. The Labute approximate surface area is 93.0 Å². The van der Waals surface area contributed by atoms with Crippen LogP contribution in [-0.2, 0) is 9.53 Å². The van der Waals surface area contributed by atoms with Crippen LogP contribution in [0, 0.1) is 0 Å². The maximum absolute atomic E-state index is 11.5. The summed E-state index contributed by atoms with van der Waals surface area (Å²) in [5.41, 5.74) is 0. The van der Waals surface area contributed by atoms with Crippen LogP contribution in [0.1, 0.15) is 27.7 Å². The zero-order valence-electron chi connectivity index (χ0n) is 10.5. The van der Waals surface area contributed by atoms with Crippen LogP contribution in [0.3, 0.4) is 0 Å². The monoisotopic (exact) mass is 216 g/mol. The van der Waals surface area contributed by atoms with E-state index in [0.717, 1.165) is 19.6 Å². The Morgan fingerprint density at radius 2 is 1.87 bits per heavy atom. The summed E-state index contributed by atoms with van der Waals surface area (Å²) < 4.78 is 4.94. The van der Waals surface area contributed by atoms with E-state index < -0.39 is 0 Å². The van der Waals surface area contributed by atoms with Gasteiger partial charge in [0.05, 0.1) is 0 Å². The molecule has 0 aliphatic rings. The molecule has 1 amide bonds. The summed E-state index contributed by atoms with van der Waals surface area (Å²) in [6.45, 7) is 10.9. The predicted octanol–water partition coefficient (Wildman–Crippen LogP) is 0.868. The molecule has 0 rings (SSSR count). The van der Waals surface area contributed by atoms with E-state index in [0.29, 0.717) is 0 Å². The molecule has 90 valence electrons. The SMILES string of the molecule is CCN(CC)CC(C)NC(=O)C(C)OC. The summed E-state index contributed by atoms with van der Waals surface area (Å²) in [4.78, 5) is 13.8. The van der Waals surface area contributed by atoms with Crippen LogP contribution >= 0.6 is 0 Å². The Balaban J connectivity index is 3.91. The van der Waals surface area contributed by atoms with Gasteiger partial charge in [-0.15, -0.1) is 0 Å². The highest BCUT2D eigenvalue weighted by molar-refractivity contribution is 5.80. The normalized spacial score (nSPS) is 15.1. The summed E-state index contributed by atoms with van der Waals surface area (Å²) in [5, 5.41) is 2.92. The van der Waals surface area contributed by atoms with Gasteiger partial charge in [0.1, 0.15) is 6.10 Å². The van der Waals surface area contributed by atoms with Crippen molar-refractivity contribution < 1.29 is 9.53 Å². The molecule has 1 N–H and O–H groups in total. The maximum Gasteiger partial charge on any atom is 0.249 e. The fourth-order valence-corrected chi connectivity index (χ4v) is 1.38. The topological polar surface area (TPSA) is 41.6 Å². The fraction of sp³-hybridized carbons (Fsp3) is 0.909. The summed E-state index contributed by atoms with van der Waals surface area (Å²) >= 11 is 0. The average molecular weight is 216 g/mol. The third-order valence-electron chi connectivity index (χ3n) is 2.54. The minimum Gasteiger partial charge on any atom is -0.372 e. The standard InChI is InChI=1S/C11H24N2O2/c1-6-13(7-2)8-9(3)12-11(14)10(4)15-5/h9-10H,6-8H2,1-5H3,(H,12,14). The van der Waals surface area contributed by atoms with E-state index in [1.165, 1.54) is 0 Å². The molecule has 0 bridgehead atoms. The van der Waals surface area contributed by atoms with Crippen LogP contribution in [-0.4, -0.2) is 49.7 Å². The van der Waals surface area contributed by atoms with Gasteiger partial charge in [0.15, 0.2) is 0 Å². The van der Waals surface area contributed by atoms with Crippen molar-refractivity contribution in [2.45, 2.75) is 39.8 Å². The van der Waals surface area contributed by atoms with E-state index in [-0.39, 0.29) is 18.1 Å². The van der Waals surface area contributed by atoms with Crippen LogP contribution in [0.25, 0.3) is 0 Å². The van der Waals surface area contributed by atoms with E-state index in [1.807, 2.05) is 6.92 Å². The van der Waals surface area contributed by atoms with Gasteiger partial charge in [0, 0.05) is 19.7 Å². The van der Waals surface area contributed by atoms with Crippen LogP contribution in [0.15, 0.2) is 0 Å². The minimum absolute atomic E-state index is 0.0443. The van der Waals surface area contributed by atoms with Gasteiger partial charge in [-0.3, -0.25) is 4.79 Å². The first-order chi connectivity index (χ1) is 7.04. The number of nitrogens with zero attached hydrogens (tertiary/aromatic N) is 1. The molecule has 0 aromatic heterocycles. The third kappa shape index (κ3) is 5.74. The molecule has 2 unspecified atom stereocenters. The van der Waals surface area contributed by atoms with Gasteiger partial charge in [-0.1, -0.05) is 13.8 Å². The largest absolute Gasteiger partial charge is 0.372 e. The van der Waals surface area contributed by atoms with Crippen molar-refractivity contribution >= 4 is 5.91 Å². The zero-order valence-corrected chi connectivity index (χ0v) is 10.5. The molecule has 2 atom stereocenters. The van der Waals surface area contributed by atoms with Gasteiger partial charge in [0.2, 0.25) is 5.91 Å². The third-order valence-corrected chi connectivity index (χ3v) is 2.54. The van der Waals surface area contributed by atoms with Gasteiger partial charge in [-0.2, -0.15) is 0 Å². The lowest BCUT2D eigenvalue weighted by Crippen LogP contribution is -2.45. The minimum atomic E-state index is -0.371. The number of ether oxygens (including phenoxy) is 1. The Kier molecular flexibility index (Phi) is 7.34. The van der Waals surface area contributed by atoms with Gasteiger partial charge in [-0.05, 0) is 26.9 Å². The number of amides is 1. The fourth-order valence-electron chi connectivity index (χ4n) is 1.38. The lowest BCUT2D eigenvalue weighted by Gasteiger charge is -2.24. The molecule has 0 radical (unpaired) electrons. The quantitative estimate of drug-likeness (QED) is 0.686. The molecule has 0 saturated heterocycles. The van der Waals surface area contributed by atoms with Crippen molar-refractivity contribution in [2.75, 3.05) is 26.7 Å². The molecule has 0 saturated carbocycles. The lowest BCUT2D eigenvalue weighted by atomic mass is 10.2. The highest BCUT2D eigenvalue weighted by Crippen LogP contribution is 1.94. The molecule has 0 aromatic carbocycles. The number of hydrogen-bond acceptors (Lipinski definition) is 3. The number of methoxy groups -OCH3 is 1. The molecular weight excluding hydrogens is 192 g/mol. The maximum atomic E-state index is 11.5. The molecule has 0 aliphatic heterocycles. The van der Waals surface area contributed by atoms with Crippen LogP contribution in [0.4, 0.5) is 0 Å². The molecule has 0 aliphatic carbocycles. The van der Waals surface area contributed by atoms with Crippen molar-refractivity contribution in [3.8, 4) is 0 Å². The zero-order chi connectivity index (χ0) is 11.8. The molecule has 15 heavy (non-hydrogen) atoms. The van der Waals surface area contributed by atoms with Crippen LogP contribution in [0.2, 0.25) is 0 Å². The number of likely N-dealkylation sites (N-methyl/N-ethyl adjacent to an activating group) is 1. The van der Waals surface area contributed by atoms with Crippen molar-refractivity contribution in [3.05, 3.63) is 0 Å². The summed E-state index contributed by atoms with van der Waals surface area (Å²) in [6.07, 6.45) is -0.371. The smallest absolute Gasteiger partial charge is 0.249 e. The highest BCUT2D eigenvalue weighted by atomic mass is 16.5. The average Bonchev–Trinajstić information content (AvgIpc) is 2.24. The van der Waals surface area contributed by atoms with E-state index in [9.17, 15) is 4.79 Å². The molecule has 0 spiro atoms. The summed E-state index contributed by atoms with van der Waals surface area (Å²) in [7, 11) is 1.54. The first-order valence-corrected chi connectivity index (χ1v) is 5.60. The lowest BCUT2D eigenvalue weighted by molar-refractivity contribution is -0.130. The van der Waals surface area contributed by atoms with E-state index in [2.05, 4.69) is 24.1 Å². The highest BCUT2D eigenvalue weighted by Gasteiger charge is 2.15. The first kappa shape index (κ1) is 14.4. The Morgan fingerprint density at radius 1 is 1.33 bits per heavy atom. The van der Waals surface area contributed by atoms with Gasteiger partial charge in [-0.25, -0.2) is 0 Å². The van der Waals surface area contributed by atoms with Crippen molar-refractivity contribution in [3.63, 3.8) is 0 Å². The van der Waals surface area contributed by atoms with Crippen molar-refractivity contribution in [1.82, 2.24) is 10.2 Å². The first-order valence-electron chi connectivity index (χ1n) is 5.60. The van der Waals surface area contributed by atoms with Crippen molar-refractivity contribution in [2.24, 2.45) is 0 Å². The number of hydrogen-bond donors (Lipinski definition) is 1. The van der Waals surface area contributed by atoms with Gasteiger partial charge in [0.25, 0.3) is 0 Å². The number of carbonyl (C=O) groups excluding carboxylic acids is 1. The second-order valence-corrected chi connectivity index (χ2v) is 3.77. The predicted molar refractivity (Wildman–Crippen MR) is 61.9 cm³/mol. The van der Waals surface area contributed by atoms with Crippen LogP contribution < -0.4 is 5.32 Å².